The molecule has 0 aliphatic heterocycles. The van der Waals surface area contributed by atoms with Gasteiger partial charge in [-0.3, -0.25) is 0 Å². The summed E-state index contributed by atoms with van der Waals surface area (Å²) in [4.78, 5) is 0. The lowest BCUT2D eigenvalue weighted by Gasteiger charge is -2.22. The SMILES string of the molecule is CCNCNCC1([C@H]2C=CC(C)C2)CC1. The van der Waals surface area contributed by atoms with E-state index in [-0.39, 0.29) is 0 Å². The zero-order valence-corrected chi connectivity index (χ0v) is 10.1. The highest BCUT2D eigenvalue weighted by Gasteiger charge is 2.48. The summed E-state index contributed by atoms with van der Waals surface area (Å²) in [5, 5.41) is 6.85. The smallest absolute Gasteiger partial charge is 0.0454 e. The molecule has 0 bridgehead atoms. The molecule has 0 spiro atoms. The lowest BCUT2D eigenvalue weighted by molar-refractivity contribution is 0.324. The van der Waals surface area contributed by atoms with Crippen molar-refractivity contribution in [2.45, 2.75) is 33.1 Å². The number of rotatable bonds is 6. The molecule has 2 atom stereocenters. The summed E-state index contributed by atoms with van der Waals surface area (Å²) < 4.78 is 0. The maximum Gasteiger partial charge on any atom is 0.0454 e. The first-order chi connectivity index (χ1) is 7.27. The minimum Gasteiger partial charge on any atom is -0.305 e. The average molecular weight is 208 g/mol. The fraction of sp³-hybridized carbons (Fsp3) is 0.846. The first-order valence-corrected chi connectivity index (χ1v) is 6.36. The van der Waals surface area contributed by atoms with Crippen molar-refractivity contribution in [3.63, 3.8) is 0 Å². The van der Waals surface area contributed by atoms with Gasteiger partial charge in [0, 0.05) is 13.2 Å². The van der Waals surface area contributed by atoms with Crippen LogP contribution in [0.3, 0.4) is 0 Å². The van der Waals surface area contributed by atoms with E-state index in [1.807, 2.05) is 0 Å². The van der Waals surface area contributed by atoms with Gasteiger partial charge in [-0.05, 0) is 43.1 Å². The van der Waals surface area contributed by atoms with Gasteiger partial charge in [0.15, 0.2) is 0 Å². The van der Waals surface area contributed by atoms with Gasteiger partial charge in [-0.1, -0.05) is 26.0 Å². The summed E-state index contributed by atoms with van der Waals surface area (Å²) in [6.07, 6.45) is 9.09. The third kappa shape index (κ3) is 2.61. The predicted molar refractivity (Wildman–Crippen MR) is 64.6 cm³/mol. The van der Waals surface area contributed by atoms with E-state index in [0.717, 1.165) is 25.0 Å². The number of nitrogens with one attached hydrogen (secondary N) is 2. The van der Waals surface area contributed by atoms with Crippen molar-refractivity contribution in [1.29, 1.82) is 0 Å². The highest BCUT2D eigenvalue weighted by Crippen LogP contribution is 2.55. The van der Waals surface area contributed by atoms with Gasteiger partial charge in [0.05, 0.1) is 0 Å². The molecule has 2 aliphatic carbocycles. The lowest BCUT2D eigenvalue weighted by Crippen LogP contribution is -2.35. The Hall–Kier alpha value is -0.340. The minimum absolute atomic E-state index is 0.622. The molecule has 2 nitrogen and oxygen atoms in total. The maximum atomic E-state index is 3.54. The molecule has 1 fully saturated rings. The standard InChI is InChI=1S/C13H24N2/c1-3-14-10-15-9-13(6-7-13)12-5-4-11(2)8-12/h4-5,11-12,14-15H,3,6-10H2,1-2H3/t11?,12-/m0/s1. The second kappa shape index (κ2) is 4.67. The summed E-state index contributed by atoms with van der Waals surface area (Å²) in [7, 11) is 0. The maximum absolute atomic E-state index is 3.54. The highest BCUT2D eigenvalue weighted by molar-refractivity contribution is 5.12. The van der Waals surface area contributed by atoms with Crippen LogP contribution in [-0.2, 0) is 0 Å². The van der Waals surface area contributed by atoms with E-state index in [4.69, 9.17) is 0 Å². The van der Waals surface area contributed by atoms with Crippen LogP contribution in [0, 0.1) is 17.3 Å². The molecule has 2 N–H and O–H groups in total. The normalized spacial score (nSPS) is 32.1. The molecule has 0 radical (unpaired) electrons. The van der Waals surface area contributed by atoms with Crippen molar-refractivity contribution in [3.05, 3.63) is 12.2 Å². The van der Waals surface area contributed by atoms with Crippen LogP contribution in [-0.4, -0.2) is 19.8 Å². The van der Waals surface area contributed by atoms with Crippen LogP contribution in [0.25, 0.3) is 0 Å². The predicted octanol–water partition coefficient (Wildman–Crippen LogP) is 2.14. The molecule has 1 saturated carbocycles. The second-order valence-corrected chi connectivity index (χ2v) is 5.27. The first kappa shape index (κ1) is 11.2. The third-order valence-corrected chi connectivity index (χ3v) is 3.95. The topological polar surface area (TPSA) is 24.1 Å². The van der Waals surface area contributed by atoms with Crippen molar-refractivity contribution in [3.8, 4) is 0 Å². The Bertz CT molecular complexity index is 231. The van der Waals surface area contributed by atoms with E-state index < -0.39 is 0 Å². The van der Waals surface area contributed by atoms with Gasteiger partial charge in [-0.15, -0.1) is 0 Å². The minimum atomic E-state index is 0.622. The third-order valence-electron chi connectivity index (χ3n) is 3.95. The Morgan fingerprint density at radius 3 is 2.60 bits per heavy atom. The second-order valence-electron chi connectivity index (χ2n) is 5.27. The van der Waals surface area contributed by atoms with Crippen LogP contribution in [0.1, 0.15) is 33.1 Å². The Morgan fingerprint density at radius 2 is 2.07 bits per heavy atom. The Kier molecular flexibility index (Phi) is 3.47. The molecule has 2 rings (SSSR count). The molecule has 15 heavy (non-hydrogen) atoms. The molecule has 2 aliphatic rings. The first-order valence-electron chi connectivity index (χ1n) is 6.36. The average Bonchev–Trinajstić information content (AvgIpc) is 2.90. The summed E-state index contributed by atoms with van der Waals surface area (Å²) in [6.45, 7) is 7.70. The van der Waals surface area contributed by atoms with Crippen LogP contribution in [0.5, 0.6) is 0 Å². The van der Waals surface area contributed by atoms with E-state index in [9.17, 15) is 0 Å². The number of hydrogen-bond donors (Lipinski definition) is 2. The molecule has 86 valence electrons. The fourth-order valence-corrected chi connectivity index (χ4v) is 2.70. The van der Waals surface area contributed by atoms with Crippen molar-refractivity contribution in [2.75, 3.05) is 19.8 Å². The van der Waals surface area contributed by atoms with E-state index in [1.165, 1.54) is 25.8 Å². The lowest BCUT2D eigenvalue weighted by atomic mass is 9.87. The molecule has 0 saturated heterocycles. The summed E-state index contributed by atoms with van der Waals surface area (Å²) in [5.74, 6) is 1.66. The molecule has 2 heteroatoms. The zero-order chi connectivity index (χ0) is 10.7. The van der Waals surface area contributed by atoms with Crippen LogP contribution in [0.4, 0.5) is 0 Å². The van der Waals surface area contributed by atoms with Crippen molar-refractivity contribution >= 4 is 0 Å². The van der Waals surface area contributed by atoms with Gasteiger partial charge in [-0.25, -0.2) is 0 Å². The van der Waals surface area contributed by atoms with E-state index >= 15 is 0 Å². The van der Waals surface area contributed by atoms with Gasteiger partial charge in [0.1, 0.15) is 0 Å². The molecule has 0 aromatic rings. The Balaban J connectivity index is 1.73. The van der Waals surface area contributed by atoms with E-state index in [1.54, 1.807) is 0 Å². The molecule has 1 unspecified atom stereocenters. The van der Waals surface area contributed by atoms with Crippen LogP contribution in [0.2, 0.25) is 0 Å². The molecular weight excluding hydrogens is 184 g/mol. The number of allylic oxidation sites excluding steroid dienone is 2. The van der Waals surface area contributed by atoms with Crippen molar-refractivity contribution in [2.24, 2.45) is 17.3 Å². The van der Waals surface area contributed by atoms with Gasteiger partial charge >= 0.3 is 0 Å². The van der Waals surface area contributed by atoms with Crippen LogP contribution < -0.4 is 10.6 Å². The number of hydrogen-bond acceptors (Lipinski definition) is 2. The van der Waals surface area contributed by atoms with E-state index in [2.05, 4.69) is 36.6 Å². The van der Waals surface area contributed by atoms with E-state index in [0.29, 0.717) is 5.41 Å². The summed E-state index contributed by atoms with van der Waals surface area (Å²) in [5.41, 5.74) is 0.622. The van der Waals surface area contributed by atoms with Gasteiger partial charge in [0.2, 0.25) is 0 Å². The molecule has 0 amide bonds. The van der Waals surface area contributed by atoms with Gasteiger partial charge < -0.3 is 10.6 Å². The summed E-state index contributed by atoms with van der Waals surface area (Å²) >= 11 is 0. The monoisotopic (exact) mass is 208 g/mol. The quantitative estimate of drug-likeness (QED) is 0.397. The molecule has 0 aromatic heterocycles. The van der Waals surface area contributed by atoms with Crippen molar-refractivity contribution < 1.29 is 0 Å². The van der Waals surface area contributed by atoms with Crippen LogP contribution in [0.15, 0.2) is 12.2 Å². The highest BCUT2D eigenvalue weighted by atomic mass is 15.1. The van der Waals surface area contributed by atoms with Crippen LogP contribution >= 0.6 is 0 Å². The molecular formula is C13H24N2. The molecule has 0 heterocycles. The fourth-order valence-electron chi connectivity index (χ4n) is 2.70. The zero-order valence-electron chi connectivity index (χ0n) is 10.1. The summed E-state index contributed by atoms with van der Waals surface area (Å²) in [6, 6.07) is 0. The van der Waals surface area contributed by atoms with Gasteiger partial charge in [-0.2, -0.15) is 0 Å². The Morgan fingerprint density at radius 1 is 1.27 bits per heavy atom. The Labute approximate surface area is 93.5 Å². The largest absolute Gasteiger partial charge is 0.305 e. The van der Waals surface area contributed by atoms with Gasteiger partial charge in [0.25, 0.3) is 0 Å². The van der Waals surface area contributed by atoms with Crippen molar-refractivity contribution in [1.82, 2.24) is 10.6 Å². The molecule has 0 aromatic carbocycles.